The molecule has 2 aromatic rings. The van der Waals surface area contributed by atoms with Crippen LogP contribution in [0.1, 0.15) is 5.56 Å². The number of carbonyl (C=O) groups is 1. The van der Waals surface area contributed by atoms with Gasteiger partial charge in [-0.3, -0.25) is 4.79 Å². The first-order chi connectivity index (χ1) is 11.2. The Kier molecular flexibility index (Phi) is 6.14. The number of nitrogens with one attached hydrogen (secondary N) is 1. The zero-order valence-corrected chi connectivity index (χ0v) is 16.3. The lowest BCUT2D eigenvalue weighted by Gasteiger charge is -2.12. The largest absolute Gasteiger partial charge is 0.494 e. The summed E-state index contributed by atoms with van der Waals surface area (Å²) in [7, 11) is -2.85. The second-order valence-corrected chi connectivity index (χ2v) is 8.16. The number of hydrogen-bond acceptors (Lipinski definition) is 4. The second kappa shape index (κ2) is 7.74. The molecule has 0 aliphatic rings. The topological polar surface area (TPSA) is 72.5 Å². The molecule has 0 heterocycles. The van der Waals surface area contributed by atoms with Crippen LogP contribution in [0, 0.1) is 0 Å². The van der Waals surface area contributed by atoms with Crippen molar-refractivity contribution in [1.29, 1.82) is 0 Å². The van der Waals surface area contributed by atoms with E-state index in [-0.39, 0.29) is 22.1 Å². The Morgan fingerprint density at radius 3 is 2.42 bits per heavy atom. The molecule has 0 aliphatic heterocycles. The maximum absolute atomic E-state index is 12.5. The van der Waals surface area contributed by atoms with Gasteiger partial charge in [-0.05, 0) is 29.8 Å². The number of ether oxygens (including phenoxy) is 1. The van der Waals surface area contributed by atoms with E-state index in [2.05, 4.69) is 15.9 Å². The van der Waals surface area contributed by atoms with Crippen molar-refractivity contribution in [2.75, 3.05) is 7.11 Å². The highest BCUT2D eigenvalue weighted by molar-refractivity contribution is 9.10. The molecule has 128 valence electrons. The fourth-order valence-corrected chi connectivity index (χ4v) is 4.38. The molecule has 2 aromatic carbocycles. The maximum atomic E-state index is 12.5. The Morgan fingerprint density at radius 2 is 1.83 bits per heavy atom. The standard InChI is InChI=1S/C15H12BrCl2NO4S/c1-23-15-12(18)7-10(16)8-13(15)24(21,22)19-14(20)6-9-2-4-11(17)5-3-9/h2-5,7-8H,6H2,1H3,(H,19,20). The third-order valence-corrected chi connectivity index (χ3v) is 5.36. The summed E-state index contributed by atoms with van der Waals surface area (Å²) in [6, 6.07) is 9.33. The zero-order valence-electron chi connectivity index (χ0n) is 12.3. The third kappa shape index (κ3) is 4.63. The summed E-state index contributed by atoms with van der Waals surface area (Å²) in [5, 5.41) is 0.637. The van der Waals surface area contributed by atoms with E-state index in [4.69, 9.17) is 27.9 Å². The number of benzene rings is 2. The second-order valence-electron chi connectivity index (χ2n) is 4.75. The molecule has 9 heteroatoms. The fourth-order valence-electron chi connectivity index (χ4n) is 1.96. The number of amides is 1. The molecule has 24 heavy (non-hydrogen) atoms. The predicted octanol–water partition coefficient (Wildman–Crippen LogP) is 3.81. The number of hydrogen-bond donors (Lipinski definition) is 1. The van der Waals surface area contributed by atoms with Crippen LogP contribution in [0.5, 0.6) is 5.75 Å². The summed E-state index contributed by atoms with van der Waals surface area (Å²) in [6.07, 6.45) is -0.111. The molecule has 0 aliphatic carbocycles. The van der Waals surface area contributed by atoms with Gasteiger partial charge in [0, 0.05) is 9.50 Å². The van der Waals surface area contributed by atoms with Gasteiger partial charge in [-0.2, -0.15) is 0 Å². The fraction of sp³-hybridized carbons (Fsp3) is 0.133. The molecule has 0 fully saturated rings. The van der Waals surface area contributed by atoms with Crippen molar-refractivity contribution in [2.45, 2.75) is 11.3 Å². The number of carbonyl (C=O) groups excluding carboxylic acids is 1. The van der Waals surface area contributed by atoms with Gasteiger partial charge in [0.1, 0.15) is 4.90 Å². The third-order valence-electron chi connectivity index (χ3n) is 2.99. The van der Waals surface area contributed by atoms with E-state index < -0.39 is 15.9 Å². The lowest BCUT2D eigenvalue weighted by molar-refractivity contribution is -0.118. The Morgan fingerprint density at radius 1 is 1.21 bits per heavy atom. The van der Waals surface area contributed by atoms with Crippen LogP contribution in [0.3, 0.4) is 0 Å². The Balaban J connectivity index is 2.25. The van der Waals surface area contributed by atoms with Crippen molar-refractivity contribution in [2.24, 2.45) is 0 Å². The van der Waals surface area contributed by atoms with E-state index in [0.29, 0.717) is 15.1 Å². The van der Waals surface area contributed by atoms with Gasteiger partial charge >= 0.3 is 0 Å². The zero-order chi connectivity index (χ0) is 17.9. The summed E-state index contributed by atoms with van der Waals surface area (Å²) in [5.41, 5.74) is 0.631. The van der Waals surface area contributed by atoms with Gasteiger partial charge in [-0.1, -0.05) is 51.3 Å². The molecule has 0 spiro atoms. The molecule has 0 atom stereocenters. The quantitative estimate of drug-likeness (QED) is 0.748. The van der Waals surface area contributed by atoms with Crippen LogP contribution in [0.15, 0.2) is 45.8 Å². The van der Waals surface area contributed by atoms with Crippen LogP contribution in [-0.4, -0.2) is 21.4 Å². The molecule has 5 nitrogen and oxygen atoms in total. The molecule has 2 rings (SSSR count). The molecule has 1 amide bonds. The first-order valence-corrected chi connectivity index (χ1v) is 9.59. The van der Waals surface area contributed by atoms with Crippen LogP contribution >= 0.6 is 39.1 Å². The van der Waals surface area contributed by atoms with Gasteiger partial charge in [-0.25, -0.2) is 13.1 Å². The number of rotatable bonds is 5. The van der Waals surface area contributed by atoms with Crippen molar-refractivity contribution < 1.29 is 17.9 Å². The molecule has 0 radical (unpaired) electrons. The molecule has 0 unspecified atom stereocenters. The van der Waals surface area contributed by atoms with Crippen LogP contribution in [0.25, 0.3) is 0 Å². The Bertz CT molecular complexity index is 870. The molecule has 1 N–H and O–H groups in total. The van der Waals surface area contributed by atoms with Crippen LogP contribution < -0.4 is 9.46 Å². The summed E-state index contributed by atoms with van der Waals surface area (Å²) in [4.78, 5) is 11.8. The van der Waals surface area contributed by atoms with Crippen molar-refractivity contribution >= 4 is 55.1 Å². The molecule has 0 saturated heterocycles. The van der Waals surface area contributed by atoms with E-state index in [9.17, 15) is 13.2 Å². The number of methoxy groups -OCH3 is 1. The maximum Gasteiger partial charge on any atom is 0.267 e. The Labute approximate surface area is 158 Å². The number of halogens is 3. The minimum Gasteiger partial charge on any atom is -0.494 e. The highest BCUT2D eigenvalue weighted by Crippen LogP contribution is 2.35. The van der Waals surface area contributed by atoms with Crippen LogP contribution in [-0.2, 0) is 21.2 Å². The molecule has 0 saturated carbocycles. The van der Waals surface area contributed by atoms with Gasteiger partial charge in [0.05, 0.1) is 18.6 Å². The summed E-state index contributed by atoms with van der Waals surface area (Å²) in [6.45, 7) is 0. The van der Waals surface area contributed by atoms with E-state index in [0.717, 1.165) is 0 Å². The van der Waals surface area contributed by atoms with Gasteiger partial charge in [-0.15, -0.1) is 0 Å². The van der Waals surface area contributed by atoms with Crippen LogP contribution in [0.2, 0.25) is 10.0 Å². The minimum atomic E-state index is -4.14. The molecular weight excluding hydrogens is 441 g/mol. The first-order valence-electron chi connectivity index (χ1n) is 6.56. The predicted molar refractivity (Wildman–Crippen MR) is 96.2 cm³/mol. The lowest BCUT2D eigenvalue weighted by Crippen LogP contribution is -2.32. The van der Waals surface area contributed by atoms with Gasteiger partial charge in [0.25, 0.3) is 10.0 Å². The van der Waals surface area contributed by atoms with E-state index in [1.54, 1.807) is 24.3 Å². The van der Waals surface area contributed by atoms with E-state index >= 15 is 0 Å². The highest BCUT2D eigenvalue weighted by Gasteiger charge is 2.24. The summed E-state index contributed by atoms with van der Waals surface area (Å²) in [5.74, 6) is -0.720. The lowest BCUT2D eigenvalue weighted by atomic mass is 10.1. The van der Waals surface area contributed by atoms with Gasteiger partial charge in [0.2, 0.25) is 5.91 Å². The van der Waals surface area contributed by atoms with Gasteiger partial charge < -0.3 is 4.74 Å². The summed E-state index contributed by atoms with van der Waals surface area (Å²) < 4.78 is 32.4. The Hall–Kier alpha value is -1.28. The average Bonchev–Trinajstić information content (AvgIpc) is 2.48. The molecule has 0 aromatic heterocycles. The van der Waals surface area contributed by atoms with Crippen molar-refractivity contribution in [3.8, 4) is 5.75 Å². The van der Waals surface area contributed by atoms with E-state index in [1.165, 1.54) is 19.2 Å². The highest BCUT2D eigenvalue weighted by atomic mass is 79.9. The number of sulfonamides is 1. The van der Waals surface area contributed by atoms with Gasteiger partial charge in [0.15, 0.2) is 5.75 Å². The smallest absolute Gasteiger partial charge is 0.267 e. The summed E-state index contributed by atoms with van der Waals surface area (Å²) >= 11 is 14.9. The SMILES string of the molecule is COc1c(Cl)cc(Br)cc1S(=O)(=O)NC(=O)Cc1ccc(Cl)cc1. The van der Waals surface area contributed by atoms with Crippen molar-refractivity contribution in [1.82, 2.24) is 4.72 Å². The minimum absolute atomic E-state index is 0.0355. The average molecular weight is 453 g/mol. The molecular formula is C15H12BrCl2NO4S. The van der Waals surface area contributed by atoms with Crippen molar-refractivity contribution in [3.05, 3.63) is 56.5 Å². The normalized spacial score (nSPS) is 11.2. The van der Waals surface area contributed by atoms with Crippen LogP contribution in [0.4, 0.5) is 0 Å². The van der Waals surface area contributed by atoms with Crippen molar-refractivity contribution in [3.63, 3.8) is 0 Å². The van der Waals surface area contributed by atoms with E-state index in [1.807, 2.05) is 4.72 Å². The molecule has 0 bridgehead atoms. The first kappa shape index (κ1) is 19.1. The monoisotopic (exact) mass is 451 g/mol.